The Morgan fingerprint density at radius 3 is 2.43 bits per heavy atom. The van der Waals surface area contributed by atoms with Gasteiger partial charge in [-0.2, -0.15) is 0 Å². The van der Waals surface area contributed by atoms with E-state index in [2.05, 4.69) is 35.2 Å². The summed E-state index contributed by atoms with van der Waals surface area (Å²) >= 11 is 0. The molecule has 2 saturated heterocycles. The average molecular weight is 379 g/mol. The van der Waals surface area contributed by atoms with Crippen molar-refractivity contribution in [3.8, 4) is 0 Å². The Labute approximate surface area is 168 Å². The first kappa shape index (κ1) is 19.2. The van der Waals surface area contributed by atoms with E-state index in [1.807, 2.05) is 29.2 Å². The fourth-order valence-corrected chi connectivity index (χ4v) is 4.25. The van der Waals surface area contributed by atoms with Crippen molar-refractivity contribution >= 4 is 5.91 Å². The molecule has 4 nitrogen and oxygen atoms in total. The zero-order valence-electron chi connectivity index (χ0n) is 16.6. The summed E-state index contributed by atoms with van der Waals surface area (Å²) in [5, 5.41) is 0. The van der Waals surface area contributed by atoms with Crippen LogP contribution in [0, 0.1) is 0 Å². The van der Waals surface area contributed by atoms with Crippen LogP contribution in [0.25, 0.3) is 0 Å². The van der Waals surface area contributed by atoms with Gasteiger partial charge in [-0.25, -0.2) is 0 Å². The summed E-state index contributed by atoms with van der Waals surface area (Å²) in [6.45, 7) is 5.41. The Morgan fingerprint density at radius 2 is 1.68 bits per heavy atom. The molecule has 2 aliphatic rings. The van der Waals surface area contributed by atoms with Crippen LogP contribution in [0.15, 0.2) is 54.6 Å². The molecule has 1 unspecified atom stereocenters. The molecule has 2 heterocycles. The Kier molecular flexibility index (Phi) is 6.40. The molecule has 28 heavy (non-hydrogen) atoms. The van der Waals surface area contributed by atoms with Crippen LogP contribution < -0.4 is 0 Å². The zero-order valence-corrected chi connectivity index (χ0v) is 16.6. The average Bonchev–Trinajstić information content (AvgIpc) is 3.26. The number of hydrogen-bond donors (Lipinski definition) is 0. The van der Waals surface area contributed by atoms with Crippen LogP contribution in [0.3, 0.4) is 0 Å². The molecule has 0 aliphatic carbocycles. The molecule has 1 atom stereocenters. The Bertz CT molecular complexity index is 763. The van der Waals surface area contributed by atoms with Crippen LogP contribution in [0.1, 0.15) is 34.3 Å². The molecule has 4 rings (SSSR count). The van der Waals surface area contributed by atoms with E-state index in [0.717, 1.165) is 63.3 Å². The molecule has 0 radical (unpaired) electrons. The highest BCUT2D eigenvalue weighted by atomic mass is 16.5. The fourth-order valence-electron chi connectivity index (χ4n) is 4.25. The molecule has 0 spiro atoms. The summed E-state index contributed by atoms with van der Waals surface area (Å²) in [7, 11) is 0. The Hall–Kier alpha value is -2.17. The summed E-state index contributed by atoms with van der Waals surface area (Å²) < 4.78 is 5.76. The maximum Gasteiger partial charge on any atom is 0.254 e. The van der Waals surface area contributed by atoms with Gasteiger partial charge in [0.1, 0.15) is 0 Å². The van der Waals surface area contributed by atoms with Gasteiger partial charge >= 0.3 is 0 Å². The van der Waals surface area contributed by atoms with Crippen LogP contribution in [0.4, 0.5) is 0 Å². The van der Waals surface area contributed by atoms with Crippen molar-refractivity contribution in [2.75, 3.05) is 39.3 Å². The number of rotatable bonds is 6. The van der Waals surface area contributed by atoms with E-state index in [0.29, 0.717) is 6.10 Å². The maximum absolute atomic E-state index is 13.2. The number of nitrogens with zero attached hydrogens (tertiary/aromatic N) is 2. The first-order valence-electron chi connectivity index (χ1n) is 10.5. The topological polar surface area (TPSA) is 32.8 Å². The second-order valence-electron chi connectivity index (χ2n) is 7.87. The molecule has 2 fully saturated rings. The standard InChI is InChI=1S/C24H30N2O2/c27-24(26-16-14-25(15-17-26)19-22-10-6-18-28-22)23-11-5-4-9-21(23)13-12-20-7-2-1-3-8-20/h1-5,7-9,11,22H,6,10,12-19H2. The molecule has 2 aliphatic heterocycles. The number of ether oxygens (including phenoxy) is 1. The van der Waals surface area contributed by atoms with Gasteiger partial charge in [-0.05, 0) is 42.9 Å². The number of carbonyl (C=O) groups excluding carboxylic acids is 1. The highest BCUT2D eigenvalue weighted by Crippen LogP contribution is 2.18. The van der Waals surface area contributed by atoms with E-state index < -0.39 is 0 Å². The molecule has 2 aromatic rings. The summed E-state index contributed by atoms with van der Waals surface area (Å²) in [4.78, 5) is 17.6. The SMILES string of the molecule is O=C(c1ccccc1CCc1ccccc1)N1CCN(CC2CCCO2)CC1. The van der Waals surface area contributed by atoms with Crippen molar-refractivity contribution in [1.82, 2.24) is 9.80 Å². The fraction of sp³-hybridized carbons (Fsp3) is 0.458. The quantitative estimate of drug-likeness (QED) is 0.772. The minimum Gasteiger partial charge on any atom is -0.377 e. The molecule has 0 saturated carbocycles. The van der Waals surface area contributed by atoms with Crippen molar-refractivity contribution in [3.63, 3.8) is 0 Å². The summed E-state index contributed by atoms with van der Waals surface area (Å²) in [6.07, 6.45) is 4.60. The van der Waals surface area contributed by atoms with Crippen molar-refractivity contribution < 1.29 is 9.53 Å². The van der Waals surface area contributed by atoms with Gasteiger partial charge in [0.15, 0.2) is 0 Å². The van der Waals surface area contributed by atoms with Gasteiger partial charge in [0.25, 0.3) is 5.91 Å². The number of amides is 1. The van der Waals surface area contributed by atoms with Gasteiger partial charge in [-0.3, -0.25) is 9.69 Å². The third kappa shape index (κ3) is 4.81. The third-order valence-electron chi connectivity index (χ3n) is 5.92. The van der Waals surface area contributed by atoms with E-state index in [9.17, 15) is 4.79 Å². The van der Waals surface area contributed by atoms with Crippen LogP contribution >= 0.6 is 0 Å². The van der Waals surface area contributed by atoms with E-state index >= 15 is 0 Å². The Morgan fingerprint density at radius 1 is 0.929 bits per heavy atom. The number of aryl methyl sites for hydroxylation is 2. The van der Waals surface area contributed by atoms with Crippen LogP contribution in [-0.2, 0) is 17.6 Å². The van der Waals surface area contributed by atoms with Crippen LogP contribution in [-0.4, -0.2) is 61.1 Å². The molecule has 4 heteroatoms. The highest BCUT2D eigenvalue weighted by Gasteiger charge is 2.26. The van der Waals surface area contributed by atoms with Crippen molar-refractivity contribution in [1.29, 1.82) is 0 Å². The second kappa shape index (κ2) is 9.35. The molecule has 1 amide bonds. The van der Waals surface area contributed by atoms with Gasteiger partial charge in [-0.1, -0.05) is 48.5 Å². The first-order valence-corrected chi connectivity index (χ1v) is 10.5. The number of hydrogen-bond acceptors (Lipinski definition) is 3. The minimum atomic E-state index is 0.181. The van der Waals surface area contributed by atoms with Crippen molar-refractivity contribution in [2.45, 2.75) is 31.8 Å². The first-order chi connectivity index (χ1) is 13.8. The summed E-state index contributed by atoms with van der Waals surface area (Å²) in [5.41, 5.74) is 3.33. The maximum atomic E-state index is 13.2. The summed E-state index contributed by atoms with van der Waals surface area (Å²) in [5.74, 6) is 0.181. The predicted molar refractivity (Wildman–Crippen MR) is 112 cm³/mol. The van der Waals surface area contributed by atoms with Gasteiger partial charge < -0.3 is 9.64 Å². The largest absolute Gasteiger partial charge is 0.377 e. The lowest BCUT2D eigenvalue weighted by atomic mass is 9.99. The molecule has 148 valence electrons. The van der Waals surface area contributed by atoms with Gasteiger partial charge in [0.2, 0.25) is 0 Å². The lowest BCUT2D eigenvalue weighted by molar-refractivity contribution is 0.0432. The normalized spacial score (nSPS) is 20.4. The smallest absolute Gasteiger partial charge is 0.254 e. The zero-order chi connectivity index (χ0) is 19.2. The van der Waals surface area contributed by atoms with E-state index in [4.69, 9.17) is 4.74 Å². The minimum absolute atomic E-state index is 0.181. The number of benzene rings is 2. The molecular formula is C24H30N2O2. The second-order valence-corrected chi connectivity index (χ2v) is 7.87. The van der Waals surface area contributed by atoms with Gasteiger partial charge in [0, 0.05) is 44.9 Å². The van der Waals surface area contributed by atoms with Crippen molar-refractivity contribution in [2.24, 2.45) is 0 Å². The molecule has 0 N–H and O–H groups in total. The highest BCUT2D eigenvalue weighted by molar-refractivity contribution is 5.95. The van der Waals surface area contributed by atoms with Crippen molar-refractivity contribution in [3.05, 3.63) is 71.3 Å². The molecule has 0 bridgehead atoms. The van der Waals surface area contributed by atoms with E-state index in [1.165, 1.54) is 18.4 Å². The number of carbonyl (C=O) groups is 1. The lowest BCUT2D eigenvalue weighted by Gasteiger charge is -2.36. The molecule has 0 aromatic heterocycles. The third-order valence-corrected chi connectivity index (χ3v) is 5.92. The summed E-state index contributed by atoms with van der Waals surface area (Å²) in [6, 6.07) is 18.6. The molecule has 2 aromatic carbocycles. The van der Waals surface area contributed by atoms with Gasteiger partial charge in [-0.15, -0.1) is 0 Å². The van der Waals surface area contributed by atoms with E-state index in [1.54, 1.807) is 0 Å². The monoisotopic (exact) mass is 378 g/mol. The Balaban J connectivity index is 1.34. The lowest BCUT2D eigenvalue weighted by Crippen LogP contribution is -2.50. The van der Waals surface area contributed by atoms with Crippen LogP contribution in [0.2, 0.25) is 0 Å². The molecular weight excluding hydrogens is 348 g/mol. The number of piperazine rings is 1. The van der Waals surface area contributed by atoms with Crippen LogP contribution in [0.5, 0.6) is 0 Å². The van der Waals surface area contributed by atoms with Gasteiger partial charge in [0.05, 0.1) is 6.10 Å². The van der Waals surface area contributed by atoms with E-state index in [-0.39, 0.29) is 5.91 Å². The predicted octanol–water partition coefficient (Wildman–Crippen LogP) is 3.41.